The normalized spacial score (nSPS) is 12.0. The van der Waals surface area contributed by atoms with Crippen LogP contribution in [0.15, 0.2) is 79.0 Å². The summed E-state index contributed by atoms with van der Waals surface area (Å²) < 4.78 is 7.62. The number of anilines is 1. The maximum atomic E-state index is 12.4. The first-order chi connectivity index (χ1) is 15.6. The molecule has 0 fully saturated rings. The average molecular weight is 442 g/mol. The zero-order chi connectivity index (χ0) is 23.6. The van der Waals surface area contributed by atoms with E-state index < -0.39 is 0 Å². The number of ether oxygens (including phenoxy) is 1. The molecule has 0 unspecified atom stereocenters. The molecule has 5 nitrogen and oxygen atoms in total. The molecule has 33 heavy (non-hydrogen) atoms. The highest BCUT2D eigenvalue weighted by molar-refractivity contribution is 5.91. The number of rotatable bonds is 6. The molecule has 0 radical (unpaired) electrons. The summed E-state index contributed by atoms with van der Waals surface area (Å²) in [7, 11) is 0. The second-order valence-electron chi connectivity index (χ2n) is 10.3. The molecular formula is C28H31N3O2. The number of hydrogen-bond acceptors (Lipinski definition) is 4. The van der Waals surface area contributed by atoms with Crippen LogP contribution in [0.1, 0.15) is 51.4 Å². The molecule has 0 saturated carbocycles. The van der Waals surface area contributed by atoms with Gasteiger partial charge in [0.15, 0.2) is 0 Å². The summed E-state index contributed by atoms with van der Waals surface area (Å²) in [6.45, 7) is 11.2. The Bertz CT molecular complexity index is 1250. The Morgan fingerprint density at radius 2 is 1.58 bits per heavy atom. The number of imidazole rings is 1. The molecule has 4 aromatic rings. The van der Waals surface area contributed by atoms with Gasteiger partial charge in [0.1, 0.15) is 22.9 Å². The standard InChI is InChI=1S/C28H31N3O2/c1-27(2,3)19-28(4,5)30-25-24(29-23-13-9-10-18-31(23)25)20-14-16-22(17-15-20)33-26(32)21-11-7-6-8-12-21/h6-18,30H,19H2,1-5H3. The van der Waals surface area contributed by atoms with Gasteiger partial charge in [-0.25, -0.2) is 9.78 Å². The van der Waals surface area contributed by atoms with Crippen molar-refractivity contribution in [3.8, 4) is 17.0 Å². The number of nitrogens with one attached hydrogen (secondary N) is 1. The van der Waals surface area contributed by atoms with E-state index in [4.69, 9.17) is 9.72 Å². The largest absolute Gasteiger partial charge is 0.423 e. The lowest BCUT2D eigenvalue weighted by atomic mass is 9.82. The van der Waals surface area contributed by atoms with E-state index in [9.17, 15) is 4.79 Å². The third-order valence-corrected chi connectivity index (χ3v) is 5.31. The number of carbonyl (C=O) groups is 1. The van der Waals surface area contributed by atoms with Gasteiger partial charge in [-0.05, 0) is 74.2 Å². The van der Waals surface area contributed by atoms with Crippen molar-refractivity contribution < 1.29 is 9.53 Å². The zero-order valence-corrected chi connectivity index (χ0v) is 19.9. The molecule has 0 aliphatic carbocycles. The van der Waals surface area contributed by atoms with E-state index >= 15 is 0 Å². The molecular weight excluding hydrogens is 410 g/mol. The summed E-state index contributed by atoms with van der Waals surface area (Å²) in [6.07, 6.45) is 3.02. The van der Waals surface area contributed by atoms with Crippen LogP contribution in [-0.4, -0.2) is 20.9 Å². The van der Waals surface area contributed by atoms with Gasteiger partial charge in [0.25, 0.3) is 0 Å². The van der Waals surface area contributed by atoms with E-state index in [2.05, 4.69) is 44.3 Å². The van der Waals surface area contributed by atoms with E-state index in [0.29, 0.717) is 11.3 Å². The van der Waals surface area contributed by atoms with Gasteiger partial charge < -0.3 is 10.1 Å². The van der Waals surface area contributed by atoms with Crippen molar-refractivity contribution in [3.63, 3.8) is 0 Å². The van der Waals surface area contributed by atoms with E-state index in [0.717, 1.165) is 29.1 Å². The molecule has 0 aliphatic heterocycles. The minimum Gasteiger partial charge on any atom is -0.423 e. The molecule has 2 aromatic heterocycles. The van der Waals surface area contributed by atoms with Crippen molar-refractivity contribution in [1.29, 1.82) is 0 Å². The molecule has 5 heteroatoms. The van der Waals surface area contributed by atoms with Crippen LogP contribution in [0.2, 0.25) is 0 Å². The Morgan fingerprint density at radius 3 is 2.24 bits per heavy atom. The van der Waals surface area contributed by atoms with Crippen LogP contribution in [0.4, 0.5) is 5.82 Å². The Labute approximate surface area is 195 Å². The quantitative estimate of drug-likeness (QED) is 0.263. The van der Waals surface area contributed by atoms with Crippen molar-refractivity contribution >= 4 is 17.4 Å². The first-order valence-corrected chi connectivity index (χ1v) is 11.2. The van der Waals surface area contributed by atoms with Crippen LogP contribution in [-0.2, 0) is 0 Å². The second-order valence-corrected chi connectivity index (χ2v) is 10.3. The first-order valence-electron chi connectivity index (χ1n) is 11.2. The van der Waals surface area contributed by atoms with Crippen LogP contribution in [0, 0.1) is 5.41 Å². The molecule has 0 amide bonds. The fourth-order valence-electron chi connectivity index (χ4n) is 4.43. The van der Waals surface area contributed by atoms with E-state index in [1.165, 1.54) is 0 Å². The Morgan fingerprint density at radius 1 is 0.909 bits per heavy atom. The predicted octanol–water partition coefficient (Wildman–Crippen LogP) is 6.85. The predicted molar refractivity (Wildman–Crippen MR) is 134 cm³/mol. The monoisotopic (exact) mass is 441 g/mol. The van der Waals surface area contributed by atoms with E-state index in [1.54, 1.807) is 12.1 Å². The maximum Gasteiger partial charge on any atom is 0.343 e. The molecule has 2 aromatic carbocycles. The third-order valence-electron chi connectivity index (χ3n) is 5.31. The number of pyridine rings is 1. The lowest BCUT2D eigenvalue weighted by Gasteiger charge is -2.34. The van der Waals surface area contributed by atoms with Crippen molar-refractivity contribution in [2.24, 2.45) is 5.41 Å². The van der Waals surface area contributed by atoms with Crippen LogP contribution in [0.25, 0.3) is 16.9 Å². The minimum atomic E-state index is -0.373. The van der Waals surface area contributed by atoms with Gasteiger partial charge in [0.05, 0.1) is 5.56 Å². The number of benzene rings is 2. The van der Waals surface area contributed by atoms with Crippen molar-refractivity contribution in [3.05, 3.63) is 84.6 Å². The maximum absolute atomic E-state index is 12.4. The lowest BCUT2D eigenvalue weighted by Crippen LogP contribution is -2.36. The first kappa shape index (κ1) is 22.6. The topological polar surface area (TPSA) is 55.6 Å². The third kappa shape index (κ3) is 5.43. The summed E-state index contributed by atoms with van der Waals surface area (Å²) in [4.78, 5) is 17.3. The molecule has 170 valence electrons. The van der Waals surface area contributed by atoms with Crippen LogP contribution < -0.4 is 10.1 Å². The smallest absolute Gasteiger partial charge is 0.343 e. The van der Waals surface area contributed by atoms with Gasteiger partial charge in [-0.15, -0.1) is 0 Å². The molecule has 0 bridgehead atoms. The molecule has 0 aliphatic rings. The molecule has 0 atom stereocenters. The highest BCUT2D eigenvalue weighted by Crippen LogP contribution is 2.35. The minimum absolute atomic E-state index is 0.135. The molecule has 0 spiro atoms. The number of esters is 1. The Balaban J connectivity index is 1.64. The summed E-state index contributed by atoms with van der Waals surface area (Å²) in [6, 6.07) is 22.5. The number of carbonyl (C=O) groups excluding carboxylic acids is 1. The van der Waals surface area contributed by atoms with Crippen LogP contribution in [0.3, 0.4) is 0 Å². The van der Waals surface area contributed by atoms with Gasteiger partial charge in [0, 0.05) is 17.3 Å². The summed E-state index contributed by atoms with van der Waals surface area (Å²) in [5, 5.41) is 3.75. The highest BCUT2D eigenvalue weighted by atomic mass is 16.5. The molecule has 1 N–H and O–H groups in total. The van der Waals surface area contributed by atoms with E-state index in [1.807, 2.05) is 66.9 Å². The second kappa shape index (κ2) is 8.74. The summed E-state index contributed by atoms with van der Waals surface area (Å²) in [5.41, 5.74) is 3.26. The van der Waals surface area contributed by atoms with E-state index in [-0.39, 0.29) is 16.9 Å². The SMILES string of the molecule is CC(C)(C)CC(C)(C)Nc1c(-c2ccc(OC(=O)c3ccccc3)cc2)nc2ccccn12. The van der Waals surface area contributed by atoms with Crippen molar-refractivity contribution in [2.75, 3.05) is 5.32 Å². The summed E-state index contributed by atoms with van der Waals surface area (Å²) in [5.74, 6) is 1.08. The highest BCUT2D eigenvalue weighted by Gasteiger charge is 2.28. The van der Waals surface area contributed by atoms with Gasteiger partial charge in [0.2, 0.25) is 0 Å². The fraction of sp³-hybridized carbons (Fsp3) is 0.286. The van der Waals surface area contributed by atoms with Gasteiger partial charge in [-0.2, -0.15) is 0 Å². The Hall–Kier alpha value is -3.60. The van der Waals surface area contributed by atoms with Crippen molar-refractivity contribution in [1.82, 2.24) is 9.38 Å². The van der Waals surface area contributed by atoms with Crippen molar-refractivity contribution in [2.45, 2.75) is 46.6 Å². The van der Waals surface area contributed by atoms with Crippen LogP contribution >= 0.6 is 0 Å². The van der Waals surface area contributed by atoms with Crippen LogP contribution in [0.5, 0.6) is 5.75 Å². The molecule has 0 saturated heterocycles. The van der Waals surface area contributed by atoms with Gasteiger partial charge in [-0.3, -0.25) is 4.40 Å². The molecule has 2 heterocycles. The number of nitrogens with zero attached hydrogens (tertiary/aromatic N) is 2. The zero-order valence-electron chi connectivity index (χ0n) is 19.9. The average Bonchev–Trinajstić information content (AvgIpc) is 3.11. The fourth-order valence-corrected chi connectivity index (χ4v) is 4.43. The van der Waals surface area contributed by atoms with Gasteiger partial charge in [-0.1, -0.05) is 45.0 Å². The number of hydrogen-bond donors (Lipinski definition) is 1. The lowest BCUT2D eigenvalue weighted by molar-refractivity contribution is 0.0734. The number of fused-ring (bicyclic) bond motifs is 1. The van der Waals surface area contributed by atoms with Gasteiger partial charge >= 0.3 is 5.97 Å². The molecule has 4 rings (SSSR count). The summed E-state index contributed by atoms with van der Waals surface area (Å²) >= 11 is 0. The Kier molecular flexibility index (Phi) is 5.98. The number of aromatic nitrogens is 2.